The van der Waals surface area contributed by atoms with Gasteiger partial charge in [-0.25, -0.2) is 0 Å². The van der Waals surface area contributed by atoms with Crippen molar-refractivity contribution in [2.24, 2.45) is 0 Å². The van der Waals surface area contributed by atoms with Gasteiger partial charge in [-0.2, -0.15) is 0 Å². The van der Waals surface area contributed by atoms with Crippen molar-refractivity contribution in [3.05, 3.63) is 0 Å². The Kier molecular flexibility index (Phi) is 7.06. The first-order valence-electron chi connectivity index (χ1n) is 7.81. The van der Waals surface area contributed by atoms with Crippen molar-refractivity contribution in [1.82, 2.24) is 0 Å². The molecule has 1 rings (SSSR count). The zero-order chi connectivity index (χ0) is 13.9. The number of rotatable bonds is 0. The molecule has 1 fully saturated rings. The summed E-state index contributed by atoms with van der Waals surface area (Å²) in [4.78, 5) is 10.4. The van der Waals surface area contributed by atoms with Gasteiger partial charge in [0.05, 0.1) is 0 Å². The molecule has 0 aromatic heterocycles. The first-order valence-corrected chi connectivity index (χ1v) is 30.1. The summed E-state index contributed by atoms with van der Waals surface area (Å²) in [7, 11) is -2.32. The molecule has 1 saturated heterocycles. The van der Waals surface area contributed by atoms with E-state index in [1.165, 1.54) is 28.1 Å². The van der Waals surface area contributed by atoms with Crippen LogP contribution in [0.15, 0.2) is 0 Å². The Hall–Kier alpha value is 1.74. The molecule has 0 radical (unpaired) electrons. The predicted molar refractivity (Wildman–Crippen MR) is 90.4 cm³/mol. The molecule has 1 aliphatic heterocycles. The van der Waals surface area contributed by atoms with Gasteiger partial charge in [-0.3, -0.25) is 0 Å². The van der Waals surface area contributed by atoms with Crippen molar-refractivity contribution in [3.8, 4) is 0 Å². The Bertz CT molecular complexity index is 204. The Balaban J connectivity index is 2.63. The summed E-state index contributed by atoms with van der Waals surface area (Å²) in [5, 5.41) is 0. The summed E-state index contributed by atoms with van der Waals surface area (Å²) < 4.78 is 20.6. The van der Waals surface area contributed by atoms with Crippen molar-refractivity contribution in [2.45, 2.75) is 75.4 Å². The van der Waals surface area contributed by atoms with Gasteiger partial charge in [0.2, 0.25) is 0 Å². The van der Waals surface area contributed by atoms with Crippen LogP contribution in [0.2, 0.25) is 56.1 Å². The fraction of sp³-hybridized carbons (Fsp3) is 1.00. The molecule has 108 valence electrons. The summed E-state index contributed by atoms with van der Waals surface area (Å²) in [6.07, 6.45) is 3.96. The van der Waals surface area contributed by atoms with Crippen LogP contribution in [-0.2, 0) is 0 Å². The van der Waals surface area contributed by atoms with Crippen molar-refractivity contribution in [1.29, 1.82) is 0 Å². The fourth-order valence-electron chi connectivity index (χ4n) is 3.29. The standard InChI is InChI=1S/C7H15FSi.C3H6.4CH3.2Sn/c1-4-6-9(3,8)7-5-2;1-3-2;;;;;;/h1-2,4-7H2,3H3;1-3H2;4*1H3;;. The van der Waals surface area contributed by atoms with Crippen LogP contribution in [-0.4, -0.2) is 45.2 Å². The molecule has 1 heterocycles. The average Bonchev–Trinajstić information content (AvgIpc) is 2.13. The second kappa shape index (κ2) is 7.14. The average molecular weight is 486 g/mol. The summed E-state index contributed by atoms with van der Waals surface area (Å²) in [6.45, 7) is 1.99. The van der Waals surface area contributed by atoms with E-state index in [9.17, 15) is 4.11 Å². The molecule has 4 heteroatoms. The van der Waals surface area contributed by atoms with E-state index in [4.69, 9.17) is 0 Å². The van der Waals surface area contributed by atoms with Crippen LogP contribution < -0.4 is 0 Å². The van der Waals surface area contributed by atoms with Gasteiger partial charge in [-0.05, 0) is 0 Å². The predicted octanol–water partition coefficient (Wildman–Crippen LogP) is 6.13. The first kappa shape index (κ1) is 17.8. The van der Waals surface area contributed by atoms with Crippen LogP contribution >= 0.6 is 0 Å². The van der Waals surface area contributed by atoms with Gasteiger partial charge in [-0.1, -0.05) is 0 Å². The van der Waals surface area contributed by atoms with Crippen LogP contribution in [0.25, 0.3) is 0 Å². The van der Waals surface area contributed by atoms with E-state index in [0.717, 1.165) is 12.1 Å². The van der Waals surface area contributed by atoms with Crippen LogP contribution in [0, 0.1) is 0 Å². The third-order valence-electron chi connectivity index (χ3n) is 4.81. The molecule has 0 aromatic rings. The Morgan fingerprint density at radius 3 is 1.44 bits per heavy atom. The second-order valence-electron chi connectivity index (χ2n) is 8.30. The van der Waals surface area contributed by atoms with Gasteiger partial charge in [0, 0.05) is 0 Å². The molecule has 18 heavy (non-hydrogen) atoms. The van der Waals surface area contributed by atoms with Crippen LogP contribution in [0.3, 0.4) is 0 Å². The van der Waals surface area contributed by atoms with Gasteiger partial charge in [0.25, 0.3) is 0 Å². The summed E-state index contributed by atoms with van der Waals surface area (Å²) in [5.74, 6) is 0. The van der Waals surface area contributed by atoms with E-state index >= 15 is 0 Å². The van der Waals surface area contributed by atoms with E-state index in [1.807, 2.05) is 6.55 Å². The maximum atomic E-state index is 14.5. The summed E-state index contributed by atoms with van der Waals surface area (Å²) >= 11 is -3.49. The summed E-state index contributed by atoms with van der Waals surface area (Å²) in [5.41, 5.74) is 0. The van der Waals surface area contributed by atoms with Crippen LogP contribution in [0.4, 0.5) is 4.11 Å². The topological polar surface area (TPSA) is 0 Å². The SMILES string of the molecule is C[Si]1(F)CC[CH2][Sn]([CH3])([CH3])[CH2]C[CH2][Sn]([CH3])([CH3])[CH2]CC1. The first-order chi connectivity index (χ1) is 8.12. The molecule has 0 nitrogen and oxygen atoms in total. The molecule has 0 amide bonds. The second-order valence-corrected chi connectivity index (χ2v) is 42.5. The van der Waals surface area contributed by atoms with E-state index < -0.39 is 45.2 Å². The van der Waals surface area contributed by atoms with Crippen molar-refractivity contribution in [3.63, 3.8) is 0 Å². The molecule has 0 bridgehead atoms. The Morgan fingerprint density at radius 2 is 1.06 bits per heavy atom. The van der Waals surface area contributed by atoms with E-state index in [0.29, 0.717) is 0 Å². The van der Waals surface area contributed by atoms with Gasteiger partial charge in [0.15, 0.2) is 0 Å². The number of halogens is 1. The van der Waals surface area contributed by atoms with E-state index in [2.05, 4.69) is 19.8 Å². The molecule has 0 aliphatic carbocycles. The molecular weight excluding hydrogens is 453 g/mol. The van der Waals surface area contributed by atoms with Gasteiger partial charge in [0.1, 0.15) is 0 Å². The van der Waals surface area contributed by atoms with Gasteiger partial charge in [-0.15, -0.1) is 0 Å². The van der Waals surface area contributed by atoms with E-state index in [-0.39, 0.29) is 0 Å². The van der Waals surface area contributed by atoms with Crippen LogP contribution in [0.5, 0.6) is 0 Å². The third-order valence-corrected chi connectivity index (χ3v) is 27.1. The zero-order valence-electron chi connectivity index (χ0n) is 13.2. The fourth-order valence-corrected chi connectivity index (χ4v) is 24.6. The Labute approximate surface area is 123 Å². The maximum absolute atomic E-state index is 14.5. The van der Waals surface area contributed by atoms with Crippen LogP contribution in [0.1, 0.15) is 19.3 Å². The van der Waals surface area contributed by atoms with Crippen molar-refractivity contribution >= 4 is 45.2 Å². The van der Waals surface area contributed by atoms with E-state index in [1.54, 1.807) is 8.87 Å². The minimum absolute atomic E-state index is 0.962. The van der Waals surface area contributed by atoms with Gasteiger partial charge >= 0.3 is 125 Å². The minimum atomic E-state index is -2.32. The molecule has 0 saturated carbocycles. The number of hydrogen-bond acceptors (Lipinski definition) is 0. The molecule has 0 atom stereocenters. The molecule has 0 unspecified atom stereocenters. The monoisotopic (exact) mass is 488 g/mol. The molecule has 0 N–H and O–H groups in total. The molecule has 1 aliphatic rings. The van der Waals surface area contributed by atoms with Crippen molar-refractivity contribution in [2.75, 3.05) is 0 Å². The normalized spacial score (nSPS) is 29.0. The van der Waals surface area contributed by atoms with Gasteiger partial charge < -0.3 is 0 Å². The quantitative estimate of drug-likeness (QED) is 0.286. The zero-order valence-corrected chi connectivity index (χ0v) is 20.0. The molecule has 0 aromatic carbocycles. The number of hydrogen-bond donors (Lipinski definition) is 0. The van der Waals surface area contributed by atoms with Crippen molar-refractivity contribution < 1.29 is 4.11 Å². The third kappa shape index (κ3) is 7.51. The summed E-state index contributed by atoms with van der Waals surface area (Å²) in [6, 6.07) is 1.92. The molecular formula is C14H33FSiSn2. The molecule has 0 spiro atoms. The Morgan fingerprint density at radius 1 is 0.722 bits per heavy atom.